The minimum Gasteiger partial charge on any atom is -0.470 e. The normalized spacial score (nSPS) is 27.8. The molecular formula is C26H28N3O+. The summed E-state index contributed by atoms with van der Waals surface area (Å²) in [5, 5.41) is 4.94. The van der Waals surface area contributed by atoms with E-state index in [0.29, 0.717) is 0 Å². The molecule has 2 N–H and O–H groups in total. The summed E-state index contributed by atoms with van der Waals surface area (Å²) >= 11 is 0. The number of likely N-dealkylation sites (tertiary alicyclic amines) is 1. The second kappa shape index (κ2) is 6.86. The molecule has 3 aliphatic rings. The van der Waals surface area contributed by atoms with Gasteiger partial charge in [0, 0.05) is 5.56 Å². The second-order valence-corrected chi connectivity index (χ2v) is 8.76. The van der Waals surface area contributed by atoms with Crippen LogP contribution >= 0.6 is 0 Å². The Hall–Kier alpha value is -2.82. The largest absolute Gasteiger partial charge is 0.470 e. The highest BCUT2D eigenvalue weighted by molar-refractivity contribution is 5.86. The highest BCUT2D eigenvalue weighted by atomic mass is 16.5. The lowest BCUT2D eigenvalue weighted by Crippen LogP contribution is -3.13. The summed E-state index contributed by atoms with van der Waals surface area (Å²) in [4.78, 5) is 1.67. The van der Waals surface area contributed by atoms with Crippen LogP contribution in [0.4, 0.5) is 0 Å². The first-order chi connectivity index (χ1) is 14.8. The van der Waals surface area contributed by atoms with E-state index in [4.69, 9.17) is 4.74 Å². The third kappa shape index (κ3) is 2.75. The Balaban J connectivity index is 1.40. The van der Waals surface area contributed by atoms with Crippen LogP contribution in [-0.2, 0) is 0 Å². The van der Waals surface area contributed by atoms with Crippen molar-refractivity contribution in [3.05, 3.63) is 83.9 Å². The number of benzene rings is 3. The Kier molecular flexibility index (Phi) is 4.12. The van der Waals surface area contributed by atoms with Gasteiger partial charge in [0.25, 0.3) is 0 Å². The zero-order chi connectivity index (χ0) is 20.1. The van der Waals surface area contributed by atoms with Gasteiger partial charge >= 0.3 is 0 Å². The van der Waals surface area contributed by atoms with Crippen molar-refractivity contribution in [2.45, 2.75) is 31.5 Å². The second-order valence-electron chi connectivity index (χ2n) is 8.76. The number of nitrogens with zero attached hydrogens (tertiary/aromatic N) is 1. The van der Waals surface area contributed by atoms with Crippen molar-refractivity contribution in [1.82, 2.24) is 10.4 Å². The van der Waals surface area contributed by atoms with E-state index in [1.807, 2.05) is 0 Å². The Bertz CT molecular complexity index is 1130. The van der Waals surface area contributed by atoms with Crippen LogP contribution in [-0.4, -0.2) is 30.4 Å². The first-order valence-electron chi connectivity index (χ1n) is 11.1. The number of rotatable bonds is 2. The average molecular weight is 399 g/mol. The summed E-state index contributed by atoms with van der Waals surface area (Å²) < 4.78 is 6.74. The van der Waals surface area contributed by atoms with Crippen LogP contribution in [0, 0.1) is 0 Å². The fraction of sp³-hybridized carbons (Fsp3) is 0.308. The van der Waals surface area contributed by atoms with E-state index in [1.54, 1.807) is 4.90 Å². The molecule has 4 nitrogen and oxygen atoms in total. The number of hydrazine groups is 1. The van der Waals surface area contributed by atoms with Crippen LogP contribution in [0.25, 0.3) is 16.5 Å². The van der Waals surface area contributed by atoms with Crippen molar-refractivity contribution in [2.24, 2.45) is 0 Å². The predicted molar refractivity (Wildman–Crippen MR) is 120 cm³/mol. The van der Waals surface area contributed by atoms with Gasteiger partial charge in [0.05, 0.1) is 44.2 Å². The van der Waals surface area contributed by atoms with Gasteiger partial charge in [0.1, 0.15) is 5.75 Å². The van der Waals surface area contributed by atoms with E-state index in [-0.39, 0.29) is 11.8 Å². The van der Waals surface area contributed by atoms with Crippen LogP contribution in [0.15, 0.2) is 72.8 Å². The molecule has 1 atom stereocenters. The molecule has 1 spiro atoms. The minimum atomic E-state index is -0.285. The Morgan fingerprint density at radius 2 is 1.77 bits per heavy atom. The van der Waals surface area contributed by atoms with Gasteiger partial charge in [0.15, 0.2) is 5.72 Å². The van der Waals surface area contributed by atoms with Crippen molar-refractivity contribution in [1.29, 1.82) is 0 Å². The van der Waals surface area contributed by atoms with E-state index >= 15 is 0 Å². The number of quaternary nitrogens is 1. The summed E-state index contributed by atoms with van der Waals surface area (Å²) in [5.41, 5.74) is 7.14. The number of piperidine rings is 1. The topological polar surface area (TPSA) is 28.9 Å². The van der Waals surface area contributed by atoms with Crippen molar-refractivity contribution >= 4 is 16.5 Å². The molecule has 6 rings (SSSR count). The molecule has 0 saturated carbocycles. The molecular weight excluding hydrogens is 370 g/mol. The number of hydrogen-bond donors (Lipinski definition) is 2. The number of ether oxygens (including phenoxy) is 1. The Morgan fingerprint density at radius 3 is 2.60 bits per heavy atom. The number of nitrogens with one attached hydrogen (secondary N) is 2. The minimum absolute atomic E-state index is 0.194. The smallest absolute Gasteiger partial charge is 0.191 e. The van der Waals surface area contributed by atoms with Crippen molar-refractivity contribution in [2.75, 3.05) is 19.6 Å². The standard InChI is InChI=1S/C26H27N3O/c1-2-28-15-13-26(14-16-28)29-24(22-9-5-6-10-25(22)30-26)18-23(27-29)21-12-11-19-7-3-4-8-20(19)17-21/h3-12,17-18,24,27H,2,13-16H2,1H3/p+1/t24-/m0/s1. The molecule has 0 aliphatic carbocycles. The number of fused-ring (bicyclic) bond motifs is 5. The molecule has 152 valence electrons. The first kappa shape index (κ1) is 18.0. The fourth-order valence-corrected chi connectivity index (χ4v) is 5.33. The lowest BCUT2D eigenvalue weighted by Gasteiger charge is -2.50. The van der Waals surface area contributed by atoms with Gasteiger partial charge in [0.2, 0.25) is 0 Å². The van der Waals surface area contributed by atoms with E-state index in [9.17, 15) is 0 Å². The third-order valence-corrected chi connectivity index (χ3v) is 7.12. The van der Waals surface area contributed by atoms with Crippen LogP contribution in [0.2, 0.25) is 0 Å². The monoisotopic (exact) mass is 398 g/mol. The van der Waals surface area contributed by atoms with Gasteiger partial charge in [-0.15, -0.1) is 0 Å². The van der Waals surface area contributed by atoms with Gasteiger partial charge in [-0.05, 0) is 41.5 Å². The third-order valence-electron chi connectivity index (χ3n) is 7.12. The summed E-state index contributed by atoms with van der Waals surface area (Å²) in [5.74, 6) is 1.04. The molecule has 1 saturated heterocycles. The molecule has 30 heavy (non-hydrogen) atoms. The molecule has 0 bridgehead atoms. The molecule has 3 aromatic rings. The highest BCUT2D eigenvalue weighted by Crippen LogP contribution is 2.47. The SMILES string of the molecule is CC[NH+]1CCC2(CC1)Oc1ccccc1[C@@H]1C=C(c3ccc4ccccc4c3)NN12. The van der Waals surface area contributed by atoms with E-state index in [0.717, 1.165) is 31.7 Å². The quantitative estimate of drug-likeness (QED) is 0.692. The maximum absolute atomic E-state index is 6.74. The Labute approximate surface area is 177 Å². The number of hydrogen-bond acceptors (Lipinski definition) is 3. The van der Waals surface area contributed by atoms with Crippen LogP contribution in [0.5, 0.6) is 5.75 Å². The van der Waals surface area contributed by atoms with Crippen LogP contribution in [0.1, 0.15) is 36.9 Å². The van der Waals surface area contributed by atoms with Crippen molar-refractivity contribution < 1.29 is 9.64 Å². The zero-order valence-corrected chi connectivity index (χ0v) is 17.4. The maximum Gasteiger partial charge on any atom is 0.191 e. The highest BCUT2D eigenvalue weighted by Gasteiger charge is 2.52. The van der Waals surface area contributed by atoms with E-state index < -0.39 is 0 Å². The fourth-order valence-electron chi connectivity index (χ4n) is 5.33. The zero-order valence-electron chi connectivity index (χ0n) is 17.4. The lowest BCUT2D eigenvalue weighted by atomic mass is 9.93. The average Bonchev–Trinajstić information content (AvgIpc) is 3.26. The van der Waals surface area contributed by atoms with Crippen molar-refractivity contribution in [3.8, 4) is 5.75 Å². The van der Waals surface area contributed by atoms with Gasteiger partial charge in [-0.25, -0.2) is 0 Å². The van der Waals surface area contributed by atoms with Gasteiger partial charge in [-0.1, -0.05) is 54.6 Å². The van der Waals surface area contributed by atoms with Gasteiger partial charge < -0.3 is 15.1 Å². The summed E-state index contributed by atoms with van der Waals surface area (Å²) in [6.07, 6.45) is 4.45. The van der Waals surface area contributed by atoms with Gasteiger partial charge in [-0.2, -0.15) is 5.01 Å². The molecule has 3 aromatic carbocycles. The maximum atomic E-state index is 6.74. The molecule has 3 aliphatic heterocycles. The molecule has 3 heterocycles. The summed E-state index contributed by atoms with van der Waals surface area (Å²) in [7, 11) is 0. The molecule has 0 amide bonds. The lowest BCUT2D eigenvalue weighted by molar-refractivity contribution is -0.906. The number of para-hydroxylation sites is 1. The van der Waals surface area contributed by atoms with E-state index in [1.165, 1.54) is 34.1 Å². The molecule has 1 fully saturated rings. The molecule has 0 radical (unpaired) electrons. The predicted octanol–water partition coefficient (Wildman–Crippen LogP) is 3.53. The van der Waals surface area contributed by atoms with Crippen LogP contribution < -0.4 is 15.1 Å². The first-order valence-corrected chi connectivity index (χ1v) is 11.1. The molecule has 4 heteroatoms. The molecule has 0 aromatic heterocycles. The molecule has 0 unspecified atom stereocenters. The van der Waals surface area contributed by atoms with Crippen molar-refractivity contribution in [3.63, 3.8) is 0 Å². The van der Waals surface area contributed by atoms with E-state index in [2.05, 4.69) is 90.2 Å². The Morgan fingerprint density at radius 1 is 1.00 bits per heavy atom. The summed E-state index contributed by atoms with van der Waals surface area (Å²) in [6.45, 7) is 5.76. The summed E-state index contributed by atoms with van der Waals surface area (Å²) in [6, 6.07) is 24.0. The van der Waals surface area contributed by atoms with Crippen LogP contribution in [0.3, 0.4) is 0 Å². The van der Waals surface area contributed by atoms with Gasteiger partial charge in [-0.3, -0.25) is 0 Å².